The van der Waals surface area contributed by atoms with Crippen LogP contribution in [-0.4, -0.2) is 49.3 Å². The number of aliphatic hydroxyl groups is 3. The van der Waals surface area contributed by atoms with Crippen LogP contribution in [0, 0.1) is 6.92 Å². The standard InChI is InChI=1S/C25H26O8/c1-14-2-5-19(21(30)8-14)24(15-3-6-20(29)17(9-15)11-26)23(13-28)33-22-7-4-16(25(31)32)10-18(22)12-27/h2-10,23-24,26-30H,11-13H2,1H3,(H,31,32). The van der Waals surface area contributed by atoms with Crippen molar-refractivity contribution >= 4 is 5.97 Å². The molecule has 0 heterocycles. The number of phenolic OH excluding ortho intramolecular Hbond substituents is 1. The molecule has 6 N–H and O–H groups in total. The molecule has 0 saturated heterocycles. The number of aliphatic hydroxyl groups excluding tert-OH is 3. The Morgan fingerprint density at radius 1 is 0.879 bits per heavy atom. The molecule has 0 aromatic heterocycles. The molecule has 3 aromatic carbocycles. The van der Waals surface area contributed by atoms with Gasteiger partial charge in [-0.15, -0.1) is 0 Å². The summed E-state index contributed by atoms with van der Waals surface area (Å²) in [6.07, 6.45) is -0.962. The molecular formula is C25H26O8. The summed E-state index contributed by atoms with van der Waals surface area (Å²) in [6, 6.07) is 13.7. The van der Waals surface area contributed by atoms with Gasteiger partial charge in [-0.25, -0.2) is 4.79 Å². The third-order valence-electron chi connectivity index (χ3n) is 5.46. The van der Waals surface area contributed by atoms with Gasteiger partial charge in [-0.1, -0.05) is 18.2 Å². The molecule has 33 heavy (non-hydrogen) atoms. The molecule has 8 heteroatoms. The SMILES string of the molecule is Cc1ccc(C(c2ccc(O)c(CO)c2)C(CO)Oc2ccc(C(=O)O)cc2CO)c(O)c1. The molecule has 0 amide bonds. The molecule has 2 unspecified atom stereocenters. The first kappa shape index (κ1) is 24.1. The predicted molar refractivity (Wildman–Crippen MR) is 120 cm³/mol. The average Bonchev–Trinajstić information content (AvgIpc) is 2.80. The quantitative estimate of drug-likeness (QED) is 0.289. The summed E-state index contributed by atoms with van der Waals surface area (Å²) in [5.74, 6) is -1.82. The first-order valence-corrected chi connectivity index (χ1v) is 10.3. The maximum atomic E-state index is 11.3. The number of carboxylic acid groups (broad SMARTS) is 1. The number of phenols is 2. The number of ether oxygens (including phenoxy) is 1. The van der Waals surface area contributed by atoms with Gasteiger partial charge in [0.2, 0.25) is 0 Å². The number of carbonyl (C=O) groups is 1. The molecule has 0 radical (unpaired) electrons. The zero-order chi connectivity index (χ0) is 24.1. The van der Waals surface area contributed by atoms with E-state index in [9.17, 15) is 35.4 Å². The van der Waals surface area contributed by atoms with E-state index in [1.54, 1.807) is 30.3 Å². The summed E-state index contributed by atoms with van der Waals surface area (Å²) >= 11 is 0. The molecule has 174 valence electrons. The van der Waals surface area contributed by atoms with Crippen LogP contribution in [-0.2, 0) is 13.2 Å². The van der Waals surface area contributed by atoms with E-state index in [0.29, 0.717) is 11.1 Å². The van der Waals surface area contributed by atoms with Gasteiger partial charge in [0.05, 0.1) is 31.3 Å². The minimum Gasteiger partial charge on any atom is -0.508 e. The lowest BCUT2D eigenvalue weighted by molar-refractivity contribution is 0.0696. The largest absolute Gasteiger partial charge is 0.508 e. The Morgan fingerprint density at radius 3 is 2.21 bits per heavy atom. The maximum Gasteiger partial charge on any atom is 0.335 e. The van der Waals surface area contributed by atoms with Gasteiger partial charge < -0.3 is 35.4 Å². The number of aryl methyl sites for hydroxylation is 1. The van der Waals surface area contributed by atoms with Crippen LogP contribution in [0.4, 0.5) is 0 Å². The van der Waals surface area contributed by atoms with Crippen molar-refractivity contribution in [3.05, 3.63) is 88.0 Å². The van der Waals surface area contributed by atoms with E-state index in [4.69, 9.17) is 4.74 Å². The summed E-state index contributed by atoms with van der Waals surface area (Å²) in [6.45, 7) is 0.435. The maximum absolute atomic E-state index is 11.3. The molecule has 8 nitrogen and oxygen atoms in total. The van der Waals surface area contributed by atoms with E-state index in [0.717, 1.165) is 5.56 Å². The Labute approximate surface area is 190 Å². The summed E-state index contributed by atoms with van der Waals surface area (Å²) in [5, 5.41) is 59.4. The highest BCUT2D eigenvalue weighted by atomic mass is 16.5. The van der Waals surface area contributed by atoms with E-state index >= 15 is 0 Å². The number of benzene rings is 3. The molecular weight excluding hydrogens is 428 g/mol. The second-order valence-corrected chi connectivity index (χ2v) is 7.71. The number of rotatable bonds is 9. The van der Waals surface area contributed by atoms with Crippen molar-refractivity contribution in [2.75, 3.05) is 6.61 Å². The smallest absolute Gasteiger partial charge is 0.335 e. The fourth-order valence-corrected chi connectivity index (χ4v) is 3.76. The zero-order valence-corrected chi connectivity index (χ0v) is 18.0. The number of hydrogen-bond donors (Lipinski definition) is 6. The Balaban J connectivity index is 2.11. The molecule has 0 aliphatic rings. The third kappa shape index (κ3) is 5.25. The van der Waals surface area contributed by atoms with Crippen LogP contribution in [0.25, 0.3) is 0 Å². The molecule has 0 aliphatic heterocycles. The van der Waals surface area contributed by atoms with Crippen molar-refractivity contribution in [2.45, 2.75) is 32.2 Å². The van der Waals surface area contributed by atoms with Crippen LogP contribution in [0.2, 0.25) is 0 Å². The van der Waals surface area contributed by atoms with Gasteiger partial charge in [0.1, 0.15) is 23.4 Å². The van der Waals surface area contributed by atoms with Crippen LogP contribution in [0.5, 0.6) is 17.2 Å². The molecule has 0 spiro atoms. The number of aromatic hydroxyl groups is 2. The van der Waals surface area contributed by atoms with Crippen molar-refractivity contribution in [1.82, 2.24) is 0 Å². The van der Waals surface area contributed by atoms with Gasteiger partial charge in [-0.05, 0) is 54.4 Å². The summed E-state index contributed by atoms with van der Waals surface area (Å²) in [4.78, 5) is 11.3. The van der Waals surface area contributed by atoms with E-state index < -0.39 is 37.8 Å². The molecule has 2 atom stereocenters. The van der Waals surface area contributed by atoms with Gasteiger partial charge in [-0.2, -0.15) is 0 Å². The Bertz CT molecular complexity index is 1140. The Morgan fingerprint density at radius 2 is 1.61 bits per heavy atom. The zero-order valence-electron chi connectivity index (χ0n) is 18.0. The molecule has 0 bridgehead atoms. The fraction of sp³-hybridized carbons (Fsp3) is 0.240. The van der Waals surface area contributed by atoms with E-state index in [2.05, 4.69) is 0 Å². The van der Waals surface area contributed by atoms with Crippen LogP contribution in [0.15, 0.2) is 54.6 Å². The predicted octanol–water partition coefficient (Wildman–Crippen LogP) is 2.66. The van der Waals surface area contributed by atoms with Crippen LogP contribution >= 0.6 is 0 Å². The van der Waals surface area contributed by atoms with Crippen molar-refractivity contribution in [2.24, 2.45) is 0 Å². The van der Waals surface area contributed by atoms with Gasteiger partial charge in [-0.3, -0.25) is 0 Å². The molecule has 0 aliphatic carbocycles. The van der Waals surface area contributed by atoms with E-state index in [1.165, 1.54) is 24.3 Å². The lowest BCUT2D eigenvalue weighted by atomic mass is 9.84. The van der Waals surface area contributed by atoms with E-state index in [-0.39, 0.29) is 33.9 Å². The van der Waals surface area contributed by atoms with Crippen LogP contribution in [0.3, 0.4) is 0 Å². The Kier molecular flexibility index (Phi) is 7.55. The summed E-state index contributed by atoms with van der Waals surface area (Å²) in [7, 11) is 0. The highest BCUT2D eigenvalue weighted by Gasteiger charge is 2.30. The number of aromatic carboxylic acids is 1. The molecule has 0 fully saturated rings. The average molecular weight is 454 g/mol. The van der Waals surface area contributed by atoms with Gasteiger partial charge >= 0.3 is 5.97 Å². The highest BCUT2D eigenvalue weighted by molar-refractivity contribution is 5.88. The lowest BCUT2D eigenvalue weighted by Gasteiger charge is -2.29. The van der Waals surface area contributed by atoms with Gasteiger partial charge in [0.15, 0.2) is 0 Å². The monoisotopic (exact) mass is 454 g/mol. The second-order valence-electron chi connectivity index (χ2n) is 7.71. The van der Waals surface area contributed by atoms with Crippen molar-refractivity contribution in [3.8, 4) is 17.2 Å². The van der Waals surface area contributed by atoms with Crippen molar-refractivity contribution < 1.29 is 40.2 Å². The summed E-state index contributed by atoms with van der Waals surface area (Å²) < 4.78 is 6.04. The number of carboxylic acids is 1. The minimum absolute atomic E-state index is 0.0224. The Hall–Kier alpha value is -3.59. The first-order valence-electron chi connectivity index (χ1n) is 10.3. The van der Waals surface area contributed by atoms with Crippen molar-refractivity contribution in [1.29, 1.82) is 0 Å². The molecule has 3 rings (SSSR count). The minimum atomic E-state index is -1.15. The second kappa shape index (κ2) is 10.4. The highest BCUT2D eigenvalue weighted by Crippen LogP contribution is 2.38. The molecule has 3 aromatic rings. The van der Waals surface area contributed by atoms with Crippen LogP contribution in [0.1, 0.15) is 44.1 Å². The lowest BCUT2D eigenvalue weighted by Crippen LogP contribution is -2.30. The molecule has 0 saturated carbocycles. The topological polar surface area (TPSA) is 148 Å². The van der Waals surface area contributed by atoms with Gasteiger partial charge in [0.25, 0.3) is 0 Å². The summed E-state index contributed by atoms with van der Waals surface area (Å²) in [5.41, 5.74) is 2.30. The first-order chi connectivity index (χ1) is 15.8. The third-order valence-corrected chi connectivity index (χ3v) is 5.46. The normalized spacial score (nSPS) is 12.8. The van der Waals surface area contributed by atoms with Crippen LogP contribution < -0.4 is 4.74 Å². The van der Waals surface area contributed by atoms with Crippen molar-refractivity contribution in [3.63, 3.8) is 0 Å². The number of hydrogen-bond acceptors (Lipinski definition) is 7. The fourth-order valence-electron chi connectivity index (χ4n) is 3.76. The van der Waals surface area contributed by atoms with E-state index in [1.807, 2.05) is 6.92 Å². The van der Waals surface area contributed by atoms with Gasteiger partial charge in [0, 0.05) is 16.7 Å².